The average Bonchev–Trinajstić information content (AvgIpc) is 3.59. The van der Waals surface area contributed by atoms with Gasteiger partial charge < -0.3 is 0 Å². The highest BCUT2D eigenvalue weighted by Crippen LogP contribution is 2.49. The van der Waals surface area contributed by atoms with Crippen molar-refractivity contribution < 1.29 is 0 Å². The Kier molecular flexibility index (Phi) is 6.22. The third-order valence-corrected chi connectivity index (χ3v) is 12.0. The van der Waals surface area contributed by atoms with E-state index in [9.17, 15) is 0 Å². The van der Waals surface area contributed by atoms with E-state index in [1.807, 2.05) is 11.3 Å². The highest BCUT2D eigenvalue weighted by molar-refractivity contribution is 7.27. The number of thiophene rings is 1. The zero-order chi connectivity index (χ0) is 33.5. The number of rotatable bonds is 3. The van der Waals surface area contributed by atoms with E-state index in [2.05, 4.69) is 182 Å². The van der Waals surface area contributed by atoms with E-state index in [4.69, 9.17) is 0 Å². The van der Waals surface area contributed by atoms with Gasteiger partial charge in [0.05, 0.1) is 0 Å². The first-order valence-electron chi connectivity index (χ1n) is 17.6. The number of hydrogen-bond donors (Lipinski definition) is 0. The summed E-state index contributed by atoms with van der Waals surface area (Å²) in [5, 5.41) is 15.6. The summed E-state index contributed by atoms with van der Waals surface area (Å²) in [5.74, 6) is 0. The molecule has 51 heavy (non-hydrogen) atoms. The second-order valence-corrected chi connectivity index (χ2v) is 14.6. The van der Waals surface area contributed by atoms with Gasteiger partial charge in [0.1, 0.15) is 0 Å². The highest BCUT2D eigenvalue weighted by Gasteiger charge is 2.20. The third-order valence-electron chi connectivity index (χ3n) is 10.8. The molecule has 236 valence electrons. The first kappa shape index (κ1) is 28.5. The van der Waals surface area contributed by atoms with Gasteiger partial charge in [-0.2, -0.15) is 0 Å². The van der Waals surface area contributed by atoms with Crippen molar-refractivity contribution in [1.82, 2.24) is 0 Å². The van der Waals surface area contributed by atoms with Crippen LogP contribution in [0.3, 0.4) is 0 Å². The summed E-state index contributed by atoms with van der Waals surface area (Å²) >= 11 is 1.92. The zero-order valence-corrected chi connectivity index (χ0v) is 28.5. The van der Waals surface area contributed by atoms with Gasteiger partial charge in [-0.05, 0) is 94.0 Å². The molecule has 0 fully saturated rings. The number of fused-ring (bicyclic) bond motifs is 11. The zero-order valence-electron chi connectivity index (χ0n) is 27.7. The quantitative estimate of drug-likeness (QED) is 0.130. The van der Waals surface area contributed by atoms with E-state index in [0.29, 0.717) is 0 Å². The van der Waals surface area contributed by atoms with Crippen molar-refractivity contribution >= 4 is 85.4 Å². The second-order valence-electron chi connectivity index (χ2n) is 13.5. The van der Waals surface area contributed by atoms with Gasteiger partial charge in [0, 0.05) is 25.6 Å². The molecule has 0 aliphatic heterocycles. The van der Waals surface area contributed by atoms with Crippen LogP contribution < -0.4 is 0 Å². The highest BCUT2D eigenvalue weighted by atomic mass is 32.1. The maximum absolute atomic E-state index is 2.47. The molecule has 0 saturated heterocycles. The van der Waals surface area contributed by atoms with Crippen molar-refractivity contribution in [3.05, 3.63) is 182 Å². The lowest BCUT2D eigenvalue weighted by molar-refractivity contribution is 1.64. The fourth-order valence-corrected chi connectivity index (χ4v) is 9.92. The van der Waals surface area contributed by atoms with Crippen molar-refractivity contribution in [2.45, 2.75) is 0 Å². The Morgan fingerprint density at radius 2 is 0.745 bits per heavy atom. The van der Waals surface area contributed by atoms with Crippen LogP contribution in [0.15, 0.2) is 182 Å². The molecule has 0 atom stereocenters. The van der Waals surface area contributed by atoms with Gasteiger partial charge in [0.25, 0.3) is 0 Å². The van der Waals surface area contributed by atoms with Gasteiger partial charge >= 0.3 is 0 Å². The van der Waals surface area contributed by atoms with Gasteiger partial charge in [-0.25, -0.2) is 0 Å². The average molecular weight is 663 g/mol. The second kappa shape index (κ2) is 11.1. The van der Waals surface area contributed by atoms with Crippen molar-refractivity contribution in [1.29, 1.82) is 0 Å². The molecular weight excluding hydrogens is 633 g/mol. The molecule has 1 aromatic heterocycles. The van der Waals surface area contributed by atoms with E-state index < -0.39 is 0 Å². The standard InChI is InChI=1S/C50H30S/c1-2-14-31(15-3-1)33-27-28-43(35-17-5-4-16-34(33)35)48-41-23-11-9-21-39(41)47(40-22-10-12-24-42(40)48)32-26-29-46-45(30-32)49-38-20-8-6-18-36(38)37-19-7-13-25-44(37)50(49)51-46/h1-30H. The van der Waals surface area contributed by atoms with Gasteiger partial charge in [-0.3, -0.25) is 0 Å². The summed E-state index contributed by atoms with van der Waals surface area (Å²) in [5.41, 5.74) is 7.60. The minimum Gasteiger partial charge on any atom is -0.135 e. The SMILES string of the molecule is c1ccc(-c2ccc(-c3c4ccccc4c(-c4ccc5sc6c7ccccc7c7ccccc7c6c5c4)c4ccccc34)c3ccccc23)cc1. The Balaban J connectivity index is 1.22. The molecule has 0 aliphatic carbocycles. The van der Waals surface area contributed by atoms with Gasteiger partial charge in [0.15, 0.2) is 0 Å². The number of benzene rings is 10. The molecule has 0 nitrogen and oxygen atoms in total. The summed E-state index contributed by atoms with van der Waals surface area (Å²) in [6.45, 7) is 0. The Morgan fingerprint density at radius 3 is 1.39 bits per heavy atom. The van der Waals surface area contributed by atoms with Crippen molar-refractivity contribution in [2.24, 2.45) is 0 Å². The van der Waals surface area contributed by atoms with Crippen LogP contribution >= 0.6 is 11.3 Å². The fourth-order valence-electron chi connectivity index (χ4n) is 8.68. The van der Waals surface area contributed by atoms with E-state index >= 15 is 0 Å². The van der Waals surface area contributed by atoms with E-state index in [0.717, 1.165) is 0 Å². The Hall–Kier alpha value is -6.28. The maximum atomic E-state index is 2.47. The molecule has 0 spiro atoms. The Labute approximate surface area is 299 Å². The third kappa shape index (κ3) is 4.19. The van der Waals surface area contributed by atoms with Gasteiger partial charge in [0.2, 0.25) is 0 Å². The minimum atomic E-state index is 1.24. The number of hydrogen-bond acceptors (Lipinski definition) is 1. The molecule has 10 aromatic carbocycles. The Bertz CT molecular complexity index is 3130. The molecule has 0 radical (unpaired) electrons. The van der Waals surface area contributed by atoms with E-state index in [-0.39, 0.29) is 0 Å². The lowest BCUT2D eigenvalue weighted by atomic mass is 9.83. The van der Waals surface area contributed by atoms with Crippen molar-refractivity contribution in [2.75, 3.05) is 0 Å². The largest absolute Gasteiger partial charge is 0.135 e. The van der Waals surface area contributed by atoms with Crippen LogP contribution in [0.1, 0.15) is 0 Å². The minimum absolute atomic E-state index is 1.24. The monoisotopic (exact) mass is 662 g/mol. The molecule has 0 aliphatic rings. The van der Waals surface area contributed by atoms with Gasteiger partial charge in [-0.15, -0.1) is 11.3 Å². The van der Waals surface area contributed by atoms with Crippen molar-refractivity contribution in [3.63, 3.8) is 0 Å². The van der Waals surface area contributed by atoms with Gasteiger partial charge in [-0.1, -0.05) is 170 Å². The maximum Gasteiger partial charge on any atom is 0.0440 e. The summed E-state index contributed by atoms with van der Waals surface area (Å²) < 4.78 is 2.69. The summed E-state index contributed by atoms with van der Waals surface area (Å²) in [7, 11) is 0. The first-order chi connectivity index (χ1) is 25.3. The van der Waals surface area contributed by atoms with Crippen LogP contribution in [0.2, 0.25) is 0 Å². The topological polar surface area (TPSA) is 0 Å². The fraction of sp³-hybridized carbons (Fsp3) is 0. The lowest BCUT2D eigenvalue weighted by Crippen LogP contribution is -1.92. The molecule has 11 aromatic rings. The van der Waals surface area contributed by atoms with Crippen LogP contribution in [0.4, 0.5) is 0 Å². The summed E-state index contributed by atoms with van der Waals surface area (Å²) in [6.07, 6.45) is 0. The predicted octanol–water partition coefficient (Wildman–Crippen LogP) is 14.8. The molecule has 0 N–H and O–H groups in total. The molecule has 0 bridgehead atoms. The first-order valence-corrected chi connectivity index (χ1v) is 18.4. The predicted molar refractivity (Wildman–Crippen MR) is 223 cm³/mol. The van der Waals surface area contributed by atoms with Crippen LogP contribution in [-0.2, 0) is 0 Å². The smallest absolute Gasteiger partial charge is 0.0440 e. The molecule has 1 heterocycles. The lowest BCUT2D eigenvalue weighted by Gasteiger charge is -2.19. The van der Waals surface area contributed by atoms with E-state index in [1.54, 1.807) is 0 Å². The van der Waals surface area contributed by atoms with Crippen LogP contribution in [0.25, 0.3) is 107 Å². The normalized spacial score (nSPS) is 11.9. The molecule has 0 saturated carbocycles. The van der Waals surface area contributed by atoms with Crippen LogP contribution in [0.5, 0.6) is 0 Å². The van der Waals surface area contributed by atoms with E-state index in [1.165, 1.54) is 107 Å². The van der Waals surface area contributed by atoms with Crippen LogP contribution in [-0.4, -0.2) is 0 Å². The molecule has 1 heteroatoms. The molecular formula is C50H30S. The van der Waals surface area contributed by atoms with Crippen LogP contribution in [0, 0.1) is 0 Å². The van der Waals surface area contributed by atoms with Crippen molar-refractivity contribution in [3.8, 4) is 33.4 Å². The Morgan fingerprint density at radius 1 is 0.275 bits per heavy atom. The molecule has 0 unspecified atom stereocenters. The summed E-state index contributed by atoms with van der Waals surface area (Å²) in [6, 6.07) is 67.3. The summed E-state index contributed by atoms with van der Waals surface area (Å²) in [4.78, 5) is 0. The molecule has 11 rings (SSSR count). The molecule has 0 amide bonds.